The number of rotatable bonds is 11. The molecule has 1 aromatic heterocycles. The molecule has 202 valence electrons. The van der Waals surface area contributed by atoms with Crippen LogP contribution in [-0.4, -0.2) is 23.2 Å². The van der Waals surface area contributed by atoms with Gasteiger partial charge in [-0.3, -0.25) is 4.79 Å². The highest BCUT2D eigenvalue weighted by Crippen LogP contribution is 2.37. The molecule has 3 aromatic carbocycles. The van der Waals surface area contributed by atoms with Crippen molar-refractivity contribution >= 4 is 27.3 Å². The average Bonchev–Trinajstić information content (AvgIpc) is 3.30. The minimum atomic E-state index is -0.742. The van der Waals surface area contributed by atoms with Gasteiger partial charge in [0, 0.05) is 28.5 Å². The lowest BCUT2D eigenvalue weighted by molar-refractivity contribution is -0.118. The number of fused-ring (bicyclic) bond motifs is 1. The summed E-state index contributed by atoms with van der Waals surface area (Å²) in [6.45, 7) is 8.34. The fourth-order valence-electron chi connectivity index (χ4n) is 4.41. The zero-order valence-electron chi connectivity index (χ0n) is 22.9. The van der Waals surface area contributed by atoms with Gasteiger partial charge in [0.2, 0.25) is 5.91 Å². The minimum absolute atomic E-state index is 0.196. The van der Waals surface area contributed by atoms with Gasteiger partial charge in [0.1, 0.15) is 18.1 Å². The second kappa shape index (κ2) is 12.4. The van der Waals surface area contributed by atoms with E-state index in [1.165, 1.54) is 21.2 Å². The van der Waals surface area contributed by atoms with Crippen LogP contribution in [0.1, 0.15) is 56.2 Å². The maximum atomic E-state index is 11.4. The van der Waals surface area contributed by atoms with E-state index in [2.05, 4.69) is 54.5 Å². The molecule has 0 fully saturated rings. The zero-order chi connectivity index (χ0) is 28.0. The summed E-state index contributed by atoms with van der Waals surface area (Å²) in [6.07, 6.45) is 0.767. The van der Waals surface area contributed by atoms with Crippen LogP contribution in [0.3, 0.4) is 0 Å². The second-order valence-corrected chi connectivity index (χ2v) is 11.3. The van der Waals surface area contributed by atoms with E-state index in [4.69, 9.17) is 15.2 Å². The number of carbonyl (C=O) groups is 1. The molecule has 0 radical (unpaired) electrons. The summed E-state index contributed by atoms with van der Waals surface area (Å²) in [7, 11) is 0. The van der Waals surface area contributed by atoms with Gasteiger partial charge >= 0.3 is 0 Å². The van der Waals surface area contributed by atoms with Gasteiger partial charge in [0.25, 0.3) is 0 Å². The maximum Gasteiger partial charge on any atom is 0.219 e. The molecule has 6 heteroatoms. The molecule has 3 N–H and O–H groups in total. The predicted octanol–water partition coefficient (Wildman–Crippen LogP) is 6.98. The van der Waals surface area contributed by atoms with Crippen molar-refractivity contribution in [2.24, 2.45) is 5.73 Å². The first-order valence-corrected chi connectivity index (χ1v) is 13.9. The van der Waals surface area contributed by atoms with Crippen molar-refractivity contribution in [2.75, 3.05) is 6.61 Å². The lowest BCUT2D eigenvalue weighted by Gasteiger charge is -2.17. The molecule has 0 spiro atoms. The third-order valence-corrected chi connectivity index (χ3v) is 7.48. The number of thiophene rings is 1. The van der Waals surface area contributed by atoms with Gasteiger partial charge in [-0.1, -0.05) is 30.2 Å². The highest BCUT2D eigenvalue weighted by Gasteiger charge is 2.14. The third-order valence-electron chi connectivity index (χ3n) is 6.52. The van der Waals surface area contributed by atoms with Crippen LogP contribution in [0.2, 0.25) is 0 Å². The van der Waals surface area contributed by atoms with Gasteiger partial charge in [-0.2, -0.15) is 0 Å². The average molecular weight is 542 g/mol. The van der Waals surface area contributed by atoms with Gasteiger partial charge in [0.15, 0.2) is 0 Å². The summed E-state index contributed by atoms with van der Waals surface area (Å²) in [5, 5.41) is 13.3. The Balaban J connectivity index is 1.46. The number of hydrogen-bond acceptors (Lipinski definition) is 5. The van der Waals surface area contributed by atoms with Crippen molar-refractivity contribution < 1.29 is 19.4 Å². The number of hydrogen-bond donors (Lipinski definition) is 2. The molecule has 1 amide bonds. The molecule has 0 aliphatic heterocycles. The fraction of sp³-hybridized carbons (Fsp3) is 0.303. The smallest absolute Gasteiger partial charge is 0.219 e. The summed E-state index contributed by atoms with van der Waals surface area (Å²) >= 11 is 1.73. The van der Waals surface area contributed by atoms with Crippen LogP contribution < -0.4 is 15.2 Å². The Labute approximate surface area is 234 Å². The normalized spacial score (nSPS) is 12.0. The van der Waals surface area contributed by atoms with Crippen LogP contribution in [0.15, 0.2) is 66.0 Å². The molecule has 1 atom stereocenters. The molecule has 0 saturated carbocycles. The number of aryl methyl sites for hydroxylation is 1. The number of aliphatic hydroxyl groups is 1. The molecule has 0 bridgehead atoms. The fourth-order valence-corrected chi connectivity index (χ4v) is 5.35. The van der Waals surface area contributed by atoms with Crippen LogP contribution in [0.5, 0.6) is 11.5 Å². The highest BCUT2D eigenvalue weighted by molar-refractivity contribution is 7.17. The van der Waals surface area contributed by atoms with E-state index in [0.29, 0.717) is 19.6 Å². The van der Waals surface area contributed by atoms with Gasteiger partial charge in [0.05, 0.1) is 18.1 Å². The molecule has 4 rings (SSSR count). The quantitative estimate of drug-likeness (QED) is 0.201. The molecule has 0 unspecified atom stereocenters. The summed E-state index contributed by atoms with van der Waals surface area (Å²) in [5.74, 6) is 6.92. The minimum Gasteiger partial charge on any atom is -0.493 e. The summed E-state index contributed by atoms with van der Waals surface area (Å²) in [4.78, 5) is 11.4. The molecular formula is C33H35NO4S. The van der Waals surface area contributed by atoms with Gasteiger partial charge in [-0.05, 0) is 91.7 Å². The van der Waals surface area contributed by atoms with E-state index in [0.717, 1.165) is 28.2 Å². The lowest BCUT2D eigenvalue weighted by atomic mass is 9.96. The van der Waals surface area contributed by atoms with Crippen LogP contribution in [0.25, 0.3) is 21.2 Å². The van der Waals surface area contributed by atoms with Gasteiger partial charge in [-0.25, -0.2) is 0 Å². The van der Waals surface area contributed by atoms with Crippen LogP contribution in [-0.2, 0) is 11.4 Å². The highest BCUT2D eigenvalue weighted by atomic mass is 32.1. The Hall–Kier alpha value is -3.79. The van der Waals surface area contributed by atoms with Crippen LogP contribution >= 0.6 is 11.3 Å². The summed E-state index contributed by atoms with van der Waals surface area (Å²) in [6, 6.07) is 20.3. The Bertz CT molecular complexity index is 1500. The largest absolute Gasteiger partial charge is 0.493 e. The van der Waals surface area contributed by atoms with Crippen molar-refractivity contribution in [1.29, 1.82) is 0 Å². The molecule has 0 aliphatic rings. The molecule has 5 nitrogen and oxygen atoms in total. The number of carbonyl (C=O) groups excluding carboxylic acids is 1. The molecule has 4 aromatic rings. The van der Waals surface area contributed by atoms with E-state index in [1.807, 2.05) is 30.3 Å². The molecule has 39 heavy (non-hydrogen) atoms. The molecular weight excluding hydrogens is 506 g/mol. The molecule has 0 saturated heterocycles. The predicted molar refractivity (Wildman–Crippen MR) is 159 cm³/mol. The number of benzene rings is 3. The Kier molecular flexibility index (Phi) is 8.96. The zero-order valence-corrected chi connectivity index (χ0v) is 23.7. The number of nitrogens with two attached hydrogens (primary N) is 1. The molecule has 0 aliphatic carbocycles. The first-order chi connectivity index (χ1) is 18.6. The third kappa shape index (κ3) is 7.63. The van der Waals surface area contributed by atoms with E-state index in [1.54, 1.807) is 32.1 Å². The van der Waals surface area contributed by atoms with Gasteiger partial charge in [-0.15, -0.1) is 17.3 Å². The molecule has 1 heterocycles. The summed E-state index contributed by atoms with van der Waals surface area (Å²) < 4.78 is 13.2. The first kappa shape index (κ1) is 28.2. The number of primary amides is 1. The topological polar surface area (TPSA) is 81.8 Å². The van der Waals surface area contributed by atoms with Crippen molar-refractivity contribution in [1.82, 2.24) is 0 Å². The monoisotopic (exact) mass is 541 g/mol. The van der Waals surface area contributed by atoms with E-state index in [9.17, 15) is 9.90 Å². The van der Waals surface area contributed by atoms with Crippen molar-refractivity contribution in [3.05, 3.63) is 82.7 Å². The van der Waals surface area contributed by atoms with Crippen LogP contribution in [0, 0.1) is 18.8 Å². The van der Waals surface area contributed by atoms with Crippen LogP contribution in [0.4, 0.5) is 0 Å². The van der Waals surface area contributed by atoms with Crippen molar-refractivity contribution in [2.45, 2.75) is 58.7 Å². The van der Waals surface area contributed by atoms with E-state index in [-0.39, 0.29) is 18.2 Å². The number of ether oxygens (including phenoxy) is 2. The first-order valence-electron chi connectivity index (χ1n) is 13.0. The van der Waals surface area contributed by atoms with E-state index < -0.39 is 5.60 Å². The SMILES string of the molecule is CC#C[C@@H](CC(N)=O)c1ccc(OCc2ccc3scc(-c4ccc(OCCC(C)(C)O)cc4C)c3c2)cc1. The van der Waals surface area contributed by atoms with Crippen molar-refractivity contribution in [3.8, 4) is 34.5 Å². The number of amides is 1. The lowest BCUT2D eigenvalue weighted by Crippen LogP contribution is -2.21. The second-order valence-electron chi connectivity index (χ2n) is 10.3. The standard InChI is InChI=1S/C33H35NO4S/c1-5-6-25(19-32(34)35)24-8-10-26(11-9-24)38-20-23-7-14-31-29(18-23)30(21-39-31)28-13-12-27(17-22(28)2)37-16-15-33(3,4)36/h7-14,17-18,21,25,36H,15-16,19-20H2,1-4H3,(H2,34,35)/t25-/m0/s1. The van der Waals surface area contributed by atoms with Gasteiger partial charge < -0.3 is 20.3 Å². The van der Waals surface area contributed by atoms with E-state index >= 15 is 0 Å². The Morgan fingerprint density at radius 3 is 2.44 bits per heavy atom. The Morgan fingerprint density at radius 2 is 1.77 bits per heavy atom. The van der Waals surface area contributed by atoms with Crippen molar-refractivity contribution in [3.63, 3.8) is 0 Å². The maximum absolute atomic E-state index is 11.4. The summed E-state index contributed by atoms with van der Waals surface area (Å²) in [5.41, 5.74) is 10.2. The Morgan fingerprint density at radius 1 is 1.03 bits per heavy atom.